The number of benzene rings is 1. The first kappa shape index (κ1) is 20.3. The highest BCUT2D eigenvalue weighted by molar-refractivity contribution is 7.09. The van der Waals surface area contributed by atoms with Crippen LogP contribution in [0.15, 0.2) is 35.7 Å². The fraction of sp³-hybridized carbons (Fsp3) is 0.476. The van der Waals surface area contributed by atoms with Gasteiger partial charge in [0.25, 0.3) is 5.91 Å². The van der Waals surface area contributed by atoms with Crippen molar-refractivity contribution in [2.24, 2.45) is 5.92 Å². The number of ether oxygens (including phenoxy) is 1. The Balaban J connectivity index is 1.34. The Morgan fingerprint density at radius 1 is 1.18 bits per heavy atom. The number of thiazole rings is 1. The van der Waals surface area contributed by atoms with Gasteiger partial charge in [0.15, 0.2) is 6.61 Å². The summed E-state index contributed by atoms with van der Waals surface area (Å²) in [6.45, 7) is 2.58. The number of nitrogens with zero attached hydrogens (tertiary/aromatic N) is 1. The SMILES string of the molecule is CCc1csc(CNC(=O)C2CCC(NC(=O)COc3ccccc3)CC2)n1. The third kappa shape index (κ3) is 6.05. The molecule has 1 heterocycles. The smallest absolute Gasteiger partial charge is 0.258 e. The lowest BCUT2D eigenvalue weighted by atomic mass is 9.85. The highest BCUT2D eigenvalue weighted by Crippen LogP contribution is 2.24. The summed E-state index contributed by atoms with van der Waals surface area (Å²) >= 11 is 1.59. The van der Waals surface area contributed by atoms with Crippen LogP contribution in [0.2, 0.25) is 0 Å². The summed E-state index contributed by atoms with van der Waals surface area (Å²) < 4.78 is 5.47. The summed E-state index contributed by atoms with van der Waals surface area (Å²) in [7, 11) is 0. The van der Waals surface area contributed by atoms with Gasteiger partial charge in [-0.2, -0.15) is 0 Å². The van der Waals surface area contributed by atoms with Gasteiger partial charge in [-0.15, -0.1) is 11.3 Å². The summed E-state index contributed by atoms with van der Waals surface area (Å²) in [5.41, 5.74) is 1.07. The second-order valence-electron chi connectivity index (χ2n) is 7.02. The molecule has 150 valence electrons. The molecule has 2 N–H and O–H groups in total. The fourth-order valence-electron chi connectivity index (χ4n) is 3.33. The largest absolute Gasteiger partial charge is 0.484 e. The van der Waals surface area contributed by atoms with Gasteiger partial charge < -0.3 is 15.4 Å². The van der Waals surface area contributed by atoms with Crippen molar-refractivity contribution in [3.05, 3.63) is 46.4 Å². The Labute approximate surface area is 169 Å². The molecule has 28 heavy (non-hydrogen) atoms. The van der Waals surface area contributed by atoms with E-state index in [0.29, 0.717) is 12.3 Å². The van der Waals surface area contributed by atoms with E-state index < -0.39 is 0 Å². The van der Waals surface area contributed by atoms with E-state index in [9.17, 15) is 9.59 Å². The first-order valence-electron chi connectivity index (χ1n) is 9.82. The van der Waals surface area contributed by atoms with Gasteiger partial charge in [-0.05, 0) is 44.2 Å². The number of carbonyl (C=O) groups is 2. The highest BCUT2D eigenvalue weighted by Gasteiger charge is 2.27. The third-order valence-corrected chi connectivity index (χ3v) is 5.85. The minimum Gasteiger partial charge on any atom is -0.484 e. The summed E-state index contributed by atoms with van der Waals surface area (Å²) in [6, 6.07) is 9.41. The molecule has 3 rings (SSSR count). The van der Waals surface area contributed by atoms with Crippen molar-refractivity contribution in [3.63, 3.8) is 0 Å². The zero-order valence-electron chi connectivity index (χ0n) is 16.1. The molecule has 0 bridgehead atoms. The monoisotopic (exact) mass is 401 g/mol. The topological polar surface area (TPSA) is 80.3 Å². The van der Waals surface area contributed by atoms with E-state index in [4.69, 9.17) is 4.74 Å². The number of amides is 2. The van der Waals surface area contributed by atoms with Gasteiger partial charge in [0, 0.05) is 17.3 Å². The van der Waals surface area contributed by atoms with Crippen LogP contribution in [0.5, 0.6) is 5.75 Å². The lowest BCUT2D eigenvalue weighted by molar-refractivity contribution is -0.126. The van der Waals surface area contributed by atoms with Gasteiger partial charge in [0.2, 0.25) is 5.91 Å². The number of rotatable bonds is 8. The van der Waals surface area contributed by atoms with Crippen LogP contribution in [0.4, 0.5) is 0 Å². The van der Waals surface area contributed by atoms with Crippen LogP contribution in [0.1, 0.15) is 43.3 Å². The Morgan fingerprint density at radius 3 is 2.61 bits per heavy atom. The van der Waals surface area contributed by atoms with E-state index in [-0.39, 0.29) is 30.4 Å². The van der Waals surface area contributed by atoms with Gasteiger partial charge in [-0.25, -0.2) is 4.98 Å². The van der Waals surface area contributed by atoms with E-state index in [2.05, 4.69) is 22.5 Å². The molecule has 0 radical (unpaired) electrons. The second kappa shape index (κ2) is 10.2. The molecular weight excluding hydrogens is 374 g/mol. The zero-order valence-corrected chi connectivity index (χ0v) is 17.0. The van der Waals surface area contributed by atoms with Crippen molar-refractivity contribution in [2.45, 2.75) is 51.6 Å². The molecule has 0 saturated heterocycles. The lowest BCUT2D eigenvalue weighted by Gasteiger charge is -2.28. The quantitative estimate of drug-likeness (QED) is 0.712. The summed E-state index contributed by atoms with van der Waals surface area (Å²) in [5, 5.41) is 9.00. The molecular formula is C21H27N3O3S. The van der Waals surface area contributed by atoms with Crippen molar-refractivity contribution >= 4 is 23.2 Å². The van der Waals surface area contributed by atoms with E-state index in [1.54, 1.807) is 11.3 Å². The zero-order chi connectivity index (χ0) is 19.8. The molecule has 2 aromatic rings. The van der Waals surface area contributed by atoms with Crippen molar-refractivity contribution < 1.29 is 14.3 Å². The highest BCUT2D eigenvalue weighted by atomic mass is 32.1. The molecule has 2 amide bonds. The van der Waals surface area contributed by atoms with E-state index >= 15 is 0 Å². The van der Waals surface area contributed by atoms with Crippen LogP contribution in [0, 0.1) is 5.92 Å². The predicted molar refractivity (Wildman–Crippen MR) is 109 cm³/mol. The number of aryl methyl sites for hydroxylation is 1. The molecule has 1 fully saturated rings. The molecule has 0 atom stereocenters. The normalized spacial score (nSPS) is 19.0. The summed E-state index contributed by atoms with van der Waals surface area (Å²) in [4.78, 5) is 28.9. The summed E-state index contributed by atoms with van der Waals surface area (Å²) in [6.07, 6.45) is 4.11. The molecule has 7 heteroatoms. The van der Waals surface area contributed by atoms with E-state index in [1.807, 2.05) is 35.7 Å². The average Bonchev–Trinajstić information content (AvgIpc) is 3.20. The molecule has 1 aromatic heterocycles. The van der Waals surface area contributed by atoms with Gasteiger partial charge in [0.1, 0.15) is 10.8 Å². The predicted octanol–water partition coefficient (Wildman–Crippen LogP) is 3.08. The van der Waals surface area contributed by atoms with Gasteiger partial charge in [-0.1, -0.05) is 25.1 Å². The molecule has 1 aromatic carbocycles. The van der Waals surface area contributed by atoms with Gasteiger partial charge >= 0.3 is 0 Å². The maximum Gasteiger partial charge on any atom is 0.258 e. The number of hydrogen-bond acceptors (Lipinski definition) is 5. The fourth-order valence-corrected chi connectivity index (χ4v) is 4.15. The number of carbonyl (C=O) groups excluding carboxylic acids is 2. The van der Waals surface area contributed by atoms with Crippen molar-refractivity contribution in [2.75, 3.05) is 6.61 Å². The van der Waals surface area contributed by atoms with Gasteiger partial charge in [0.05, 0.1) is 12.2 Å². The molecule has 0 unspecified atom stereocenters. The Morgan fingerprint density at radius 2 is 1.93 bits per heavy atom. The molecule has 1 aliphatic carbocycles. The Kier molecular flexibility index (Phi) is 7.42. The van der Waals surface area contributed by atoms with Crippen LogP contribution >= 0.6 is 11.3 Å². The van der Waals surface area contributed by atoms with Crippen LogP contribution in [0.3, 0.4) is 0 Å². The second-order valence-corrected chi connectivity index (χ2v) is 7.96. The lowest BCUT2D eigenvalue weighted by Crippen LogP contribution is -2.42. The van der Waals surface area contributed by atoms with Crippen molar-refractivity contribution in [1.29, 1.82) is 0 Å². The minimum atomic E-state index is -0.118. The maximum atomic E-state index is 12.4. The first-order chi connectivity index (χ1) is 13.6. The molecule has 1 aliphatic rings. The molecule has 1 saturated carbocycles. The van der Waals surface area contributed by atoms with E-state index in [1.165, 1.54) is 0 Å². The van der Waals surface area contributed by atoms with E-state index in [0.717, 1.165) is 42.8 Å². The molecule has 6 nitrogen and oxygen atoms in total. The van der Waals surface area contributed by atoms with Gasteiger partial charge in [-0.3, -0.25) is 9.59 Å². The maximum absolute atomic E-state index is 12.4. The van der Waals surface area contributed by atoms with Crippen molar-refractivity contribution in [3.8, 4) is 5.75 Å². The number of nitrogens with one attached hydrogen (secondary N) is 2. The number of hydrogen-bond donors (Lipinski definition) is 2. The summed E-state index contributed by atoms with van der Waals surface area (Å²) in [5.74, 6) is 0.668. The minimum absolute atomic E-state index is 0.0119. The third-order valence-electron chi connectivity index (χ3n) is 4.95. The Hall–Kier alpha value is -2.41. The average molecular weight is 402 g/mol. The molecule has 0 spiro atoms. The van der Waals surface area contributed by atoms with Crippen LogP contribution in [-0.2, 0) is 22.6 Å². The van der Waals surface area contributed by atoms with Crippen LogP contribution < -0.4 is 15.4 Å². The number of para-hydroxylation sites is 1. The standard InChI is InChI=1S/C21H27N3O3S/c1-2-16-14-28-20(24-16)12-22-21(26)15-8-10-17(11-9-15)23-19(25)13-27-18-6-4-3-5-7-18/h3-7,14-15,17H,2,8-13H2,1H3,(H,22,26)(H,23,25). The van der Waals surface area contributed by atoms with Crippen LogP contribution in [-0.4, -0.2) is 29.4 Å². The Bertz CT molecular complexity index is 770. The van der Waals surface area contributed by atoms with Crippen LogP contribution in [0.25, 0.3) is 0 Å². The number of aromatic nitrogens is 1. The first-order valence-corrected chi connectivity index (χ1v) is 10.7. The van der Waals surface area contributed by atoms with Crippen molar-refractivity contribution in [1.82, 2.24) is 15.6 Å². The molecule has 0 aliphatic heterocycles.